The average molecular weight is 376 g/mol. The lowest BCUT2D eigenvalue weighted by Crippen LogP contribution is -2.21. The number of ether oxygens (including phenoxy) is 3. The maximum absolute atomic E-state index is 14.2. The van der Waals surface area contributed by atoms with E-state index in [9.17, 15) is 14.4 Å². The van der Waals surface area contributed by atoms with E-state index in [4.69, 9.17) is 25.8 Å². The molecule has 0 aliphatic rings. The van der Waals surface area contributed by atoms with Crippen LogP contribution in [0.4, 0.5) is 4.39 Å². The molecule has 26 heavy (non-hydrogen) atoms. The van der Waals surface area contributed by atoms with Crippen molar-refractivity contribution in [1.82, 2.24) is 0 Å². The summed E-state index contributed by atoms with van der Waals surface area (Å²) in [7, 11) is 1.19. The van der Waals surface area contributed by atoms with Gasteiger partial charge in [0, 0.05) is 22.7 Å². The molecule has 0 radical (unpaired) electrons. The van der Waals surface area contributed by atoms with E-state index in [1.807, 2.05) is 0 Å². The van der Waals surface area contributed by atoms with Gasteiger partial charge in [-0.05, 0) is 6.07 Å². The number of carbonyl (C=O) groups is 1. The lowest BCUT2D eigenvalue weighted by atomic mass is 10.1. The SMILES string of the molecule is C=CCOc1cc(F)c(C#N)c(OC(C(=O)OC)c2ccccc2Cl)c1. The summed E-state index contributed by atoms with van der Waals surface area (Å²) in [5.41, 5.74) is -0.0420. The Labute approximate surface area is 155 Å². The molecule has 0 aliphatic carbocycles. The van der Waals surface area contributed by atoms with Crippen LogP contribution in [0.15, 0.2) is 49.1 Å². The zero-order chi connectivity index (χ0) is 19.1. The molecule has 1 unspecified atom stereocenters. The third-order valence-corrected chi connectivity index (χ3v) is 3.70. The minimum absolute atomic E-state index is 0.124. The number of carbonyl (C=O) groups excluding carboxylic acids is 1. The molecule has 2 aromatic rings. The summed E-state index contributed by atoms with van der Waals surface area (Å²) in [6.07, 6.45) is 0.201. The van der Waals surface area contributed by atoms with Gasteiger partial charge in [0.2, 0.25) is 6.10 Å². The van der Waals surface area contributed by atoms with Crippen LogP contribution in [0.1, 0.15) is 17.2 Å². The summed E-state index contributed by atoms with van der Waals surface area (Å²) in [6.45, 7) is 3.64. The van der Waals surface area contributed by atoms with Crippen molar-refractivity contribution in [2.45, 2.75) is 6.10 Å². The quantitative estimate of drug-likeness (QED) is 0.535. The van der Waals surface area contributed by atoms with Crippen LogP contribution in [0.2, 0.25) is 5.02 Å². The molecule has 2 aromatic carbocycles. The van der Waals surface area contributed by atoms with Crippen molar-refractivity contribution in [2.75, 3.05) is 13.7 Å². The van der Waals surface area contributed by atoms with Gasteiger partial charge in [0.1, 0.15) is 35.6 Å². The van der Waals surface area contributed by atoms with Crippen molar-refractivity contribution in [3.8, 4) is 17.6 Å². The number of methoxy groups -OCH3 is 1. The topological polar surface area (TPSA) is 68.5 Å². The Hall–Kier alpha value is -3.04. The van der Waals surface area contributed by atoms with Gasteiger partial charge in [-0.3, -0.25) is 0 Å². The van der Waals surface area contributed by atoms with E-state index in [0.29, 0.717) is 5.56 Å². The van der Waals surface area contributed by atoms with Crippen molar-refractivity contribution in [1.29, 1.82) is 5.26 Å². The number of hydrogen-bond donors (Lipinski definition) is 0. The number of halogens is 2. The lowest BCUT2D eigenvalue weighted by Gasteiger charge is -2.19. The maximum atomic E-state index is 14.2. The Bertz CT molecular complexity index is 863. The van der Waals surface area contributed by atoms with Gasteiger partial charge < -0.3 is 14.2 Å². The van der Waals surface area contributed by atoms with Crippen molar-refractivity contribution in [2.24, 2.45) is 0 Å². The smallest absolute Gasteiger partial charge is 0.351 e. The number of benzene rings is 2. The Balaban J connectivity index is 2.49. The van der Waals surface area contributed by atoms with Gasteiger partial charge in [0.15, 0.2) is 0 Å². The Morgan fingerprint density at radius 3 is 2.77 bits per heavy atom. The zero-order valence-corrected chi connectivity index (χ0v) is 14.6. The predicted octanol–water partition coefficient (Wildman–Crippen LogP) is 4.21. The third kappa shape index (κ3) is 4.32. The van der Waals surface area contributed by atoms with Gasteiger partial charge in [-0.15, -0.1) is 0 Å². The molecule has 0 amide bonds. The predicted molar refractivity (Wildman–Crippen MR) is 93.6 cm³/mol. The summed E-state index contributed by atoms with van der Waals surface area (Å²) >= 11 is 6.13. The van der Waals surface area contributed by atoms with Crippen molar-refractivity contribution in [3.05, 3.63) is 71.0 Å². The van der Waals surface area contributed by atoms with Gasteiger partial charge in [-0.1, -0.05) is 42.5 Å². The highest BCUT2D eigenvalue weighted by molar-refractivity contribution is 6.31. The molecule has 0 fully saturated rings. The highest BCUT2D eigenvalue weighted by atomic mass is 35.5. The first kappa shape index (κ1) is 19.3. The van der Waals surface area contributed by atoms with Crippen molar-refractivity contribution >= 4 is 17.6 Å². The van der Waals surface area contributed by atoms with Crippen LogP contribution in [0.3, 0.4) is 0 Å². The number of esters is 1. The van der Waals surface area contributed by atoms with E-state index in [-0.39, 0.29) is 28.7 Å². The first-order valence-electron chi connectivity index (χ1n) is 7.48. The molecule has 2 rings (SSSR count). The number of hydrogen-bond acceptors (Lipinski definition) is 5. The van der Waals surface area contributed by atoms with E-state index < -0.39 is 17.9 Å². The lowest BCUT2D eigenvalue weighted by molar-refractivity contribution is -0.149. The molecule has 1 atom stereocenters. The standard InChI is InChI=1S/C19H15ClFNO4/c1-3-8-25-12-9-16(21)14(11-22)17(10-12)26-18(19(23)24-2)13-6-4-5-7-15(13)20/h3-7,9-10,18H,1,8H2,2H3. The first-order valence-corrected chi connectivity index (χ1v) is 7.85. The molecule has 134 valence electrons. The summed E-state index contributed by atoms with van der Waals surface area (Å²) in [5.74, 6) is -1.63. The van der Waals surface area contributed by atoms with Crippen molar-refractivity contribution in [3.63, 3.8) is 0 Å². The van der Waals surface area contributed by atoms with Crippen LogP contribution in [-0.2, 0) is 9.53 Å². The normalized spacial score (nSPS) is 11.2. The fourth-order valence-corrected chi connectivity index (χ4v) is 2.39. The van der Waals surface area contributed by atoms with Crippen molar-refractivity contribution < 1.29 is 23.4 Å². The van der Waals surface area contributed by atoms with E-state index in [1.54, 1.807) is 30.3 Å². The van der Waals surface area contributed by atoms with E-state index in [1.165, 1.54) is 19.3 Å². The minimum Gasteiger partial charge on any atom is -0.489 e. The second-order valence-electron chi connectivity index (χ2n) is 5.03. The minimum atomic E-state index is -1.28. The second kappa shape index (κ2) is 8.88. The number of rotatable bonds is 7. The van der Waals surface area contributed by atoms with Gasteiger partial charge in [-0.25, -0.2) is 9.18 Å². The van der Waals surface area contributed by atoms with Gasteiger partial charge in [-0.2, -0.15) is 5.26 Å². The molecule has 0 saturated carbocycles. The summed E-state index contributed by atoms with van der Waals surface area (Å²) < 4.78 is 29.9. The number of nitrogens with zero attached hydrogens (tertiary/aromatic N) is 1. The van der Waals surface area contributed by atoms with Crippen LogP contribution in [0.25, 0.3) is 0 Å². The molecule has 0 aromatic heterocycles. The fraction of sp³-hybridized carbons (Fsp3) is 0.158. The third-order valence-electron chi connectivity index (χ3n) is 3.35. The molecule has 0 bridgehead atoms. The van der Waals surface area contributed by atoms with Gasteiger partial charge >= 0.3 is 5.97 Å². The Morgan fingerprint density at radius 2 is 2.15 bits per heavy atom. The molecule has 0 aliphatic heterocycles. The molecule has 0 N–H and O–H groups in total. The zero-order valence-electron chi connectivity index (χ0n) is 13.9. The Morgan fingerprint density at radius 1 is 1.42 bits per heavy atom. The highest BCUT2D eigenvalue weighted by Gasteiger charge is 2.28. The Kier molecular flexibility index (Phi) is 6.59. The molecule has 0 saturated heterocycles. The number of nitriles is 1. The molecule has 5 nitrogen and oxygen atoms in total. The van der Waals surface area contributed by atoms with Gasteiger partial charge in [0.25, 0.3) is 0 Å². The second-order valence-corrected chi connectivity index (χ2v) is 5.44. The average Bonchev–Trinajstić information content (AvgIpc) is 2.64. The van der Waals surface area contributed by atoms with Crippen LogP contribution < -0.4 is 9.47 Å². The molecular formula is C19H15ClFNO4. The molecule has 7 heteroatoms. The van der Waals surface area contributed by atoms with Crippen LogP contribution >= 0.6 is 11.6 Å². The molecule has 0 heterocycles. The summed E-state index contributed by atoms with van der Waals surface area (Å²) in [5, 5.41) is 9.50. The van der Waals surface area contributed by atoms with E-state index >= 15 is 0 Å². The monoisotopic (exact) mass is 375 g/mol. The summed E-state index contributed by atoms with van der Waals surface area (Å²) in [6, 6.07) is 10.6. The van der Waals surface area contributed by atoms with Gasteiger partial charge in [0.05, 0.1) is 7.11 Å². The molecule has 0 spiro atoms. The van der Waals surface area contributed by atoms with Crippen LogP contribution in [0, 0.1) is 17.1 Å². The van der Waals surface area contributed by atoms with Crippen LogP contribution in [-0.4, -0.2) is 19.7 Å². The van der Waals surface area contributed by atoms with Crippen LogP contribution in [0.5, 0.6) is 11.5 Å². The van der Waals surface area contributed by atoms with E-state index in [0.717, 1.165) is 6.07 Å². The molecular weight excluding hydrogens is 361 g/mol. The summed E-state index contributed by atoms with van der Waals surface area (Å²) in [4.78, 5) is 12.2. The highest BCUT2D eigenvalue weighted by Crippen LogP contribution is 2.33. The largest absolute Gasteiger partial charge is 0.489 e. The van der Waals surface area contributed by atoms with E-state index in [2.05, 4.69) is 6.58 Å². The maximum Gasteiger partial charge on any atom is 0.351 e. The first-order chi connectivity index (χ1) is 12.5. The fourth-order valence-electron chi connectivity index (χ4n) is 2.16.